The Bertz CT molecular complexity index is 728. The van der Waals surface area contributed by atoms with Crippen molar-refractivity contribution in [2.45, 2.75) is 90.9 Å². The molecule has 0 spiro atoms. The van der Waals surface area contributed by atoms with Gasteiger partial charge in [-0.25, -0.2) is 0 Å². The van der Waals surface area contributed by atoms with E-state index in [-0.39, 0.29) is 11.5 Å². The van der Waals surface area contributed by atoms with Crippen molar-refractivity contribution in [3.05, 3.63) is 42.5 Å². The second-order valence-corrected chi connectivity index (χ2v) is 8.71. The number of hydrogen-bond donors (Lipinski definition) is 2. The summed E-state index contributed by atoms with van der Waals surface area (Å²) in [5, 5.41) is 21.2. The van der Waals surface area contributed by atoms with Crippen molar-refractivity contribution in [1.82, 2.24) is 0 Å². The average molecular weight is 426 g/mol. The van der Waals surface area contributed by atoms with E-state index in [9.17, 15) is 10.2 Å². The van der Waals surface area contributed by atoms with Gasteiger partial charge in [-0.15, -0.1) is 0 Å². The van der Waals surface area contributed by atoms with Crippen LogP contribution in [0.1, 0.15) is 90.9 Å². The number of hydrogen-bond acceptors (Lipinski definition) is 3. The number of rotatable bonds is 16. The molecule has 0 aliphatic heterocycles. The summed E-state index contributed by atoms with van der Waals surface area (Å²) in [4.78, 5) is 2.43. The zero-order chi connectivity index (χ0) is 22.3. The Kier molecular flexibility index (Phi) is 12.0. The normalized spacial score (nSPS) is 11.0. The summed E-state index contributed by atoms with van der Waals surface area (Å²) < 4.78 is 0. The molecule has 0 atom stereocenters. The molecule has 0 fully saturated rings. The molecule has 2 aromatic rings. The number of phenolic OH excluding ortho intramolecular Hbond substituents is 2. The number of para-hydroxylation sites is 1. The van der Waals surface area contributed by atoms with Crippen LogP contribution in [-0.4, -0.2) is 23.3 Å². The Hall–Kier alpha value is -2.16. The van der Waals surface area contributed by atoms with Crippen molar-refractivity contribution in [3.63, 3.8) is 0 Å². The highest BCUT2D eigenvalue weighted by Gasteiger charge is 2.18. The van der Waals surface area contributed by atoms with Gasteiger partial charge in [0.25, 0.3) is 0 Å². The van der Waals surface area contributed by atoms with Gasteiger partial charge >= 0.3 is 0 Å². The first kappa shape index (κ1) is 25.1. The van der Waals surface area contributed by atoms with Crippen molar-refractivity contribution < 1.29 is 10.2 Å². The van der Waals surface area contributed by atoms with Gasteiger partial charge in [0, 0.05) is 24.3 Å². The maximum Gasteiger partial charge on any atom is 0.125 e. The van der Waals surface area contributed by atoms with E-state index in [1.54, 1.807) is 12.1 Å². The lowest BCUT2D eigenvalue weighted by Gasteiger charge is -2.28. The van der Waals surface area contributed by atoms with Crippen LogP contribution in [0.5, 0.6) is 11.5 Å². The highest BCUT2D eigenvalue weighted by Crippen LogP contribution is 2.42. The second-order valence-electron chi connectivity index (χ2n) is 8.71. The van der Waals surface area contributed by atoms with Gasteiger partial charge in [-0.05, 0) is 31.0 Å². The van der Waals surface area contributed by atoms with Crippen LogP contribution in [0.4, 0.5) is 5.69 Å². The zero-order valence-electron chi connectivity index (χ0n) is 19.8. The van der Waals surface area contributed by atoms with Crippen molar-refractivity contribution in [2.75, 3.05) is 18.0 Å². The quantitative estimate of drug-likeness (QED) is 0.266. The van der Waals surface area contributed by atoms with E-state index in [1.165, 1.54) is 64.2 Å². The standard InChI is InChI=1S/C28H43NO2/c1-3-5-7-9-11-15-22-29(23-16-12-10-8-6-4-2)25-19-17-21-27(31)28(25)24-18-13-14-20-26(24)30/h13-14,17-21,30-31H,3-12,15-16,22-23H2,1-2H3. The summed E-state index contributed by atoms with van der Waals surface area (Å²) in [6.45, 7) is 6.49. The highest BCUT2D eigenvalue weighted by molar-refractivity contribution is 5.86. The summed E-state index contributed by atoms with van der Waals surface area (Å²) in [6, 6.07) is 13.1. The fourth-order valence-electron chi connectivity index (χ4n) is 4.27. The Morgan fingerprint density at radius 3 is 1.68 bits per heavy atom. The molecule has 0 aliphatic carbocycles. The SMILES string of the molecule is CCCCCCCCN(CCCCCCCC)c1cccc(O)c1-c1ccccc1O. The topological polar surface area (TPSA) is 43.7 Å². The first-order valence-electron chi connectivity index (χ1n) is 12.5. The zero-order valence-corrected chi connectivity index (χ0v) is 19.8. The summed E-state index contributed by atoms with van der Waals surface area (Å²) >= 11 is 0. The molecule has 0 aromatic heterocycles. The minimum Gasteiger partial charge on any atom is -0.507 e. The minimum atomic E-state index is 0.212. The van der Waals surface area contributed by atoms with Crippen molar-refractivity contribution in [3.8, 4) is 22.6 Å². The molecule has 0 amide bonds. The van der Waals surface area contributed by atoms with Crippen LogP contribution < -0.4 is 4.90 Å². The Morgan fingerprint density at radius 2 is 1.10 bits per heavy atom. The second kappa shape index (κ2) is 14.8. The molecule has 0 radical (unpaired) electrons. The van der Waals surface area contributed by atoms with Crippen LogP contribution in [0.25, 0.3) is 11.1 Å². The van der Waals surface area contributed by atoms with Crippen LogP contribution in [-0.2, 0) is 0 Å². The third kappa shape index (κ3) is 8.47. The molecule has 31 heavy (non-hydrogen) atoms. The smallest absolute Gasteiger partial charge is 0.125 e. The molecule has 0 unspecified atom stereocenters. The molecule has 3 heteroatoms. The Morgan fingerprint density at radius 1 is 0.581 bits per heavy atom. The average Bonchev–Trinajstić information content (AvgIpc) is 2.77. The fraction of sp³-hybridized carbons (Fsp3) is 0.571. The molecule has 3 nitrogen and oxygen atoms in total. The fourth-order valence-corrected chi connectivity index (χ4v) is 4.27. The van der Waals surface area contributed by atoms with Gasteiger partial charge in [-0.1, -0.05) is 102 Å². The first-order valence-corrected chi connectivity index (χ1v) is 12.5. The lowest BCUT2D eigenvalue weighted by atomic mass is 10.00. The molecule has 0 saturated carbocycles. The molecular formula is C28H43NO2. The van der Waals surface area contributed by atoms with Gasteiger partial charge in [0.15, 0.2) is 0 Å². The Labute approximate surface area is 190 Å². The molecule has 2 aromatic carbocycles. The molecule has 2 N–H and O–H groups in total. The molecule has 0 bridgehead atoms. The first-order chi connectivity index (χ1) is 15.2. The third-order valence-corrected chi connectivity index (χ3v) is 6.10. The predicted molar refractivity (Wildman–Crippen MR) is 134 cm³/mol. The third-order valence-electron chi connectivity index (χ3n) is 6.10. The van der Waals surface area contributed by atoms with Gasteiger partial charge in [0.2, 0.25) is 0 Å². The van der Waals surface area contributed by atoms with E-state index >= 15 is 0 Å². The van der Waals surface area contributed by atoms with Crippen LogP contribution in [0.3, 0.4) is 0 Å². The Balaban J connectivity index is 2.14. The maximum absolute atomic E-state index is 10.7. The monoisotopic (exact) mass is 425 g/mol. The van der Waals surface area contributed by atoms with Crippen LogP contribution in [0, 0.1) is 0 Å². The van der Waals surface area contributed by atoms with Crippen LogP contribution in [0.2, 0.25) is 0 Å². The number of phenols is 2. The van der Waals surface area contributed by atoms with E-state index in [2.05, 4.69) is 24.8 Å². The summed E-state index contributed by atoms with van der Waals surface area (Å²) in [5.74, 6) is 0.444. The van der Waals surface area contributed by atoms with E-state index in [1.807, 2.05) is 24.3 Å². The molecule has 2 rings (SSSR count). The molecular weight excluding hydrogens is 382 g/mol. The molecule has 172 valence electrons. The van der Waals surface area contributed by atoms with Crippen molar-refractivity contribution >= 4 is 5.69 Å². The van der Waals surface area contributed by atoms with E-state index in [0.717, 1.165) is 37.2 Å². The number of anilines is 1. The summed E-state index contributed by atoms with van der Waals surface area (Å²) in [5.41, 5.74) is 2.48. The van der Waals surface area contributed by atoms with Gasteiger partial charge in [-0.2, -0.15) is 0 Å². The lowest BCUT2D eigenvalue weighted by molar-refractivity contribution is 0.469. The minimum absolute atomic E-state index is 0.212. The number of aromatic hydroxyl groups is 2. The maximum atomic E-state index is 10.7. The van der Waals surface area contributed by atoms with Crippen molar-refractivity contribution in [2.24, 2.45) is 0 Å². The van der Waals surface area contributed by atoms with Gasteiger partial charge in [0.05, 0.1) is 5.56 Å². The molecule has 0 heterocycles. The van der Waals surface area contributed by atoms with Crippen molar-refractivity contribution in [1.29, 1.82) is 0 Å². The van der Waals surface area contributed by atoms with Crippen LogP contribution in [0.15, 0.2) is 42.5 Å². The van der Waals surface area contributed by atoms with E-state index in [0.29, 0.717) is 5.56 Å². The largest absolute Gasteiger partial charge is 0.507 e. The van der Waals surface area contributed by atoms with E-state index < -0.39 is 0 Å². The van der Waals surface area contributed by atoms with Gasteiger partial charge in [0.1, 0.15) is 11.5 Å². The summed E-state index contributed by atoms with van der Waals surface area (Å²) in [7, 11) is 0. The molecule has 0 aliphatic rings. The summed E-state index contributed by atoms with van der Waals surface area (Å²) in [6.07, 6.45) is 15.3. The predicted octanol–water partition coefficient (Wildman–Crippen LogP) is 8.29. The lowest BCUT2D eigenvalue weighted by Crippen LogP contribution is -2.26. The van der Waals surface area contributed by atoms with Gasteiger partial charge in [-0.3, -0.25) is 0 Å². The van der Waals surface area contributed by atoms with Gasteiger partial charge < -0.3 is 15.1 Å². The number of benzene rings is 2. The van der Waals surface area contributed by atoms with E-state index in [4.69, 9.17) is 0 Å². The number of unbranched alkanes of at least 4 members (excludes halogenated alkanes) is 10. The highest BCUT2D eigenvalue weighted by atomic mass is 16.3. The molecule has 0 saturated heterocycles. The number of nitrogens with zero attached hydrogens (tertiary/aromatic N) is 1. The van der Waals surface area contributed by atoms with Crippen LogP contribution >= 0.6 is 0 Å².